The van der Waals surface area contributed by atoms with Crippen LogP contribution in [0.25, 0.3) is 0 Å². The van der Waals surface area contributed by atoms with Crippen LogP contribution in [0.4, 0.5) is 0 Å². The van der Waals surface area contributed by atoms with Crippen LogP contribution in [0, 0.1) is 12.3 Å². The summed E-state index contributed by atoms with van der Waals surface area (Å²) in [5, 5.41) is 9.40. The Kier molecular flexibility index (Phi) is 3.92. The van der Waals surface area contributed by atoms with E-state index < -0.39 is 0 Å². The second-order valence-corrected chi connectivity index (χ2v) is 3.61. The van der Waals surface area contributed by atoms with Gasteiger partial charge < -0.3 is 5.11 Å². The molecule has 65 valence electrons. The molecule has 1 fully saturated rings. The van der Waals surface area contributed by atoms with E-state index in [2.05, 4.69) is 13.3 Å². The summed E-state index contributed by atoms with van der Waals surface area (Å²) in [7, 11) is 0. The minimum absolute atomic E-state index is 0.0434. The van der Waals surface area contributed by atoms with Crippen LogP contribution in [0.2, 0.25) is 0 Å². The minimum Gasteiger partial charge on any atom is -0.393 e. The monoisotopic (exact) mass is 155 g/mol. The fraction of sp³-hybridized carbons (Fsp3) is 0.900. The lowest BCUT2D eigenvalue weighted by atomic mass is 9.85. The highest BCUT2D eigenvalue weighted by molar-refractivity contribution is 4.77. The second kappa shape index (κ2) is 4.76. The molecule has 0 aromatic carbocycles. The lowest BCUT2D eigenvalue weighted by Crippen LogP contribution is -2.15. The van der Waals surface area contributed by atoms with E-state index in [9.17, 15) is 5.11 Å². The maximum atomic E-state index is 9.40. The van der Waals surface area contributed by atoms with Crippen LogP contribution >= 0.6 is 0 Å². The van der Waals surface area contributed by atoms with Crippen LogP contribution in [0.3, 0.4) is 0 Å². The number of aliphatic hydroxyl groups excluding tert-OH is 1. The summed E-state index contributed by atoms with van der Waals surface area (Å²) in [4.78, 5) is 0. The van der Waals surface area contributed by atoms with E-state index in [0.717, 1.165) is 18.8 Å². The van der Waals surface area contributed by atoms with Crippen molar-refractivity contribution in [3.05, 3.63) is 6.42 Å². The summed E-state index contributed by atoms with van der Waals surface area (Å²) < 4.78 is 0. The van der Waals surface area contributed by atoms with Gasteiger partial charge in [0.15, 0.2) is 0 Å². The number of hydrogen-bond acceptors (Lipinski definition) is 1. The molecule has 1 N–H and O–H groups in total. The van der Waals surface area contributed by atoms with Crippen LogP contribution in [0.1, 0.15) is 45.4 Å². The highest BCUT2D eigenvalue weighted by Crippen LogP contribution is 2.27. The summed E-state index contributed by atoms with van der Waals surface area (Å²) in [6.45, 7) is 2.06. The zero-order valence-corrected chi connectivity index (χ0v) is 7.42. The third-order valence-corrected chi connectivity index (χ3v) is 2.63. The molecule has 0 spiro atoms. The van der Waals surface area contributed by atoms with Gasteiger partial charge >= 0.3 is 0 Å². The van der Waals surface area contributed by atoms with Crippen molar-refractivity contribution in [1.29, 1.82) is 0 Å². The number of rotatable bonds is 3. The SMILES string of the molecule is CCC(O)CC1CC[CH]CC1. The maximum absolute atomic E-state index is 9.40. The smallest absolute Gasteiger partial charge is 0.0540 e. The van der Waals surface area contributed by atoms with E-state index >= 15 is 0 Å². The van der Waals surface area contributed by atoms with Crippen LogP contribution in [-0.4, -0.2) is 11.2 Å². The van der Waals surface area contributed by atoms with E-state index in [0.29, 0.717) is 0 Å². The quantitative estimate of drug-likeness (QED) is 0.664. The predicted molar refractivity (Wildman–Crippen MR) is 47.2 cm³/mol. The van der Waals surface area contributed by atoms with Gasteiger partial charge in [0.25, 0.3) is 0 Å². The molecule has 1 unspecified atom stereocenters. The van der Waals surface area contributed by atoms with Crippen molar-refractivity contribution >= 4 is 0 Å². The van der Waals surface area contributed by atoms with Crippen molar-refractivity contribution in [2.75, 3.05) is 0 Å². The van der Waals surface area contributed by atoms with Crippen LogP contribution in [0.15, 0.2) is 0 Å². The summed E-state index contributed by atoms with van der Waals surface area (Å²) in [6.07, 6.45) is 9.41. The third-order valence-electron chi connectivity index (χ3n) is 2.63. The highest BCUT2D eigenvalue weighted by Gasteiger charge is 2.16. The minimum atomic E-state index is -0.0434. The second-order valence-electron chi connectivity index (χ2n) is 3.61. The van der Waals surface area contributed by atoms with Crippen molar-refractivity contribution in [2.24, 2.45) is 5.92 Å². The molecule has 1 saturated carbocycles. The van der Waals surface area contributed by atoms with E-state index in [1.54, 1.807) is 0 Å². The van der Waals surface area contributed by atoms with Gasteiger partial charge in [0.1, 0.15) is 0 Å². The first-order valence-electron chi connectivity index (χ1n) is 4.82. The van der Waals surface area contributed by atoms with Gasteiger partial charge in [-0.2, -0.15) is 0 Å². The van der Waals surface area contributed by atoms with Gasteiger partial charge in [-0.25, -0.2) is 0 Å². The number of hydrogen-bond donors (Lipinski definition) is 1. The Balaban J connectivity index is 2.13. The Labute approximate surface area is 69.8 Å². The fourth-order valence-corrected chi connectivity index (χ4v) is 1.78. The van der Waals surface area contributed by atoms with Crippen molar-refractivity contribution in [3.63, 3.8) is 0 Å². The van der Waals surface area contributed by atoms with Gasteiger partial charge in [0.05, 0.1) is 6.10 Å². The van der Waals surface area contributed by atoms with E-state index in [1.807, 2.05) is 0 Å². The maximum Gasteiger partial charge on any atom is 0.0540 e. The van der Waals surface area contributed by atoms with Crippen molar-refractivity contribution in [3.8, 4) is 0 Å². The molecule has 1 rings (SSSR count). The molecule has 0 aliphatic heterocycles. The molecule has 1 atom stereocenters. The van der Waals surface area contributed by atoms with Crippen LogP contribution in [-0.2, 0) is 0 Å². The molecule has 1 radical (unpaired) electrons. The molecule has 1 aliphatic carbocycles. The van der Waals surface area contributed by atoms with E-state index in [-0.39, 0.29) is 6.10 Å². The summed E-state index contributed by atoms with van der Waals surface area (Å²) in [6, 6.07) is 0. The molecule has 0 heterocycles. The van der Waals surface area contributed by atoms with Gasteiger partial charge in [-0.1, -0.05) is 19.8 Å². The Morgan fingerprint density at radius 1 is 1.45 bits per heavy atom. The Hall–Kier alpha value is -0.0400. The molecule has 11 heavy (non-hydrogen) atoms. The molecule has 0 aromatic rings. The first kappa shape index (κ1) is 9.05. The largest absolute Gasteiger partial charge is 0.393 e. The highest BCUT2D eigenvalue weighted by atomic mass is 16.3. The molecule has 0 amide bonds. The Morgan fingerprint density at radius 2 is 2.09 bits per heavy atom. The molecule has 1 aliphatic rings. The normalized spacial score (nSPS) is 23.5. The summed E-state index contributed by atoms with van der Waals surface area (Å²) >= 11 is 0. The third kappa shape index (κ3) is 3.24. The topological polar surface area (TPSA) is 20.2 Å². The molecular weight excluding hydrogens is 136 g/mol. The zero-order chi connectivity index (χ0) is 8.10. The molecule has 1 heteroatoms. The lowest BCUT2D eigenvalue weighted by molar-refractivity contribution is 0.130. The molecule has 0 saturated heterocycles. The molecule has 0 aromatic heterocycles. The van der Waals surface area contributed by atoms with E-state index in [1.165, 1.54) is 25.7 Å². The number of aliphatic hydroxyl groups is 1. The van der Waals surface area contributed by atoms with Gasteiger partial charge in [-0.3, -0.25) is 0 Å². The Morgan fingerprint density at radius 3 is 2.64 bits per heavy atom. The molecule has 0 bridgehead atoms. The van der Waals surface area contributed by atoms with Gasteiger partial charge in [0.2, 0.25) is 0 Å². The molecule has 1 nitrogen and oxygen atoms in total. The summed E-state index contributed by atoms with van der Waals surface area (Å²) in [5.41, 5.74) is 0. The average Bonchev–Trinajstić information content (AvgIpc) is 2.06. The average molecular weight is 155 g/mol. The standard InChI is InChI=1S/C10H19O/c1-2-10(11)8-9-6-4-3-5-7-9/h3,9-11H,2,4-8H2,1H3. The van der Waals surface area contributed by atoms with Crippen LogP contribution in [0.5, 0.6) is 0 Å². The van der Waals surface area contributed by atoms with Gasteiger partial charge in [-0.15, -0.1) is 0 Å². The first-order chi connectivity index (χ1) is 5.33. The van der Waals surface area contributed by atoms with Gasteiger partial charge in [-0.05, 0) is 38.0 Å². The van der Waals surface area contributed by atoms with Crippen LogP contribution < -0.4 is 0 Å². The van der Waals surface area contributed by atoms with Crippen molar-refractivity contribution in [1.82, 2.24) is 0 Å². The zero-order valence-electron chi connectivity index (χ0n) is 7.42. The summed E-state index contributed by atoms with van der Waals surface area (Å²) in [5.74, 6) is 0.801. The van der Waals surface area contributed by atoms with Crippen molar-refractivity contribution < 1.29 is 5.11 Å². The van der Waals surface area contributed by atoms with E-state index in [4.69, 9.17) is 0 Å². The first-order valence-corrected chi connectivity index (χ1v) is 4.82. The Bertz CT molecular complexity index is 95.0. The van der Waals surface area contributed by atoms with Crippen molar-refractivity contribution in [2.45, 2.75) is 51.6 Å². The fourth-order valence-electron chi connectivity index (χ4n) is 1.78. The lowest BCUT2D eigenvalue weighted by Gasteiger charge is -2.23. The van der Waals surface area contributed by atoms with Gasteiger partial charge in [0, 0.05) is 0 Å². The molecular formula is C10H19O. The predicted octanol–water partition coefficient (Wildman–Crippen LogP) is 2.54.